The first-order valence-electron chi connectivity index (χ1n) is 4.32. The molecule has 1 aromatic carbocycles. The molecule has 0 bridgehead atoms. The van der Waals surface area contributed by atoms with Gasteiger partial charge in [0.25, 0.3) is 0 Å². The summed E-state index contributed by atoms with van der Waals surface area (Å²) >= 11 is 0. The van der Waals surface area contributed by atoms with Crippen LogP contribution in [0.2, 0.25) is 0 Å². The monoisotopic (exact) mass is 221 g/mol. The van der Waals surface area contributed by atoms with E-state index in [0.29, 0.717) is 5.70 Å². The zero-order chi connectivity index (χ0) is 10.9. The third kappa shape index (κ3) is 2.07. The van der Waals surface area contributed by atoms with E-state index in [-0.39, 0.29) is 5.17 Å². The second kappa shape index (κ2) is 3.51. The maximum atomic E-state index is 11.2. The van der Waals surface area contributed by atoms with Crippen LogP contribution in [0.25, 0.3) is 5.70 Å². The van der Waals surface area contributed by atoms with Crippen LogP contribution in [0.15, 0.2) is 41.5 Å². The Labute approximate surface area is 88.3 Å². The molecule has 0 fully saturated rings. The van der Waals surface area contributed by atoms with E-state index in [0.717, 1.165) is 11.8 Å². The number of nitrogens with zero attached hydrogens (tertiary/aromatic N) is 2. The smallest absolute Gasteiger partial charge is 0.225 e. The predicted molar refractivity (Wildman–Crippen MR) is 58.8 cm³/mol. The van der Waals surface area contributed by atoms with Crippen molar-refractivity contribution in [2.45, 2.75) is 0 Å². The minimum atomic E-state index is -3.31. The summed E-state index contributed by atoms with van der Waals surface area (Å²) in [4.78, 5) is 3.95. The van der Waals surface area contributed by atoms with Crippen LogP contribution in [0.5, 0.6) is 0 Å². The van der Waals surface area contributed by atoms with E-state index in [1.165, 1.54) is 6.20 Å². The molecule has 1 aliphatic heterocycles. The minimum Gasteiger partial charge on any atom is -0.225 e. The zero-order valence-corrected chi connectivity index (χ0v) is 8.90. The summed E-state index contributed by atoms with van der Waals surface area (Å²) in [5, 5.41) is 3.64. The van der Waals surface area contributed by atoms with Crippen LogP contribution in [0.1, 0.15) is 5.56 Å². The summed E-state index contributed by atoms with van der Waals surface area (Å²) in [6.45, 7) is 0. The highest BCUT2D eigenvalue weighted by Gasteiger charge is 2.20. The second-order valence-electron chi connectivity index (χ2n) is 3.18. The predicted octanol–water partition coefficient (Wildman–Crippen LogP) is 1.00. The molecule has 1 heterocycles. The maximum Gasteiger partial charge on any atom is 0.247 e. The molecule has 0 atom stereocenters. The fourth-order valence-electron chi connectivity index (χ4n) is 1.20. The Morgan fingerprint density at radius 1 is 1.13 bits per heavy atom. The Morgan fingerprint density at radius 2 is 1.80 bits per heavy atom. The van der Waals surface area contributed by atoms with E-state index in [1.54, 1.807) is 0 Å². The van der Waals surface area contributed by atoms with Gasteiger partial charge in [-0.15, -0.1) is 0 Å². The number of rotatable bonds is 1. The van der Waals surface area contributed by atoms with Crippen LogP contribution in [0.3, 0.4) is 0 Å². The molecule has 0 aromatic heterocycles. The molecule has 0 saturated carbocycles. The Morgan fingerprint density at radius 3 is 2.33 bits per heavy atom. The molecule has 0 amide bonds. The molecule has 2 rings (SSSR count). The summed E-state index contributed by atoms with van der Waals surface area (Å²) < 4.78 is 22.3. The summed E-state index contributed by atoms with van der Waals surface area (Å²) in [7, 11) is -3.31. The van der Waals surface area contributed by atoms with E-state index in [1.807, 2.05) is 30.3 Å². The largest absolute Gasteiger partial charge is 0.247 e. The Balaban J connectivity index is 2.34. The Bertz CT molecular complexity index is 530. The van der Waals surface area contributed by atoms with Crippen LogP contribution in [-0.2, 0) is 9.84 Å². The van der Waals surface area contributed by atoms with E-state index in [9.17, 15) is 8.42 Å². The van der Waals surface area contributed by atoms with Crippen LogP contribution < -0.4 is 5.32 Å². The number of amidine groups is 1. The Hall–Kier alpha value is -1.62. The molecule has 1 aliphatic rings. The Kier molecular flexibility index (Phi) is 2.32. The fraction of sp³-hybridized carbons (Fsp3) is 0.100. The quantitative estimate of drug-likeness (QED) is 0.710. The van der Waals surface area contributed by atoms with Gasteiger partial charge >= 0.3 is 0 Å². The van der Waals surface area contributed by atoms with Crippen molar-refractivity contribution in [3.8, 4) is 0 Å². The SMILES string of the molecule is CS(=O)(=O)C1=NC(c2ccccc2)=C[N]1. The molecule has 0 spiro atoms. The lowest BCUT2D eigenvalue weighted by Gasteiger charge is -1.95. The van der Waals surface area contributed by atoms with Crippen molar-refractivity contribution in [2.24, 2.45) is 4.99 Å². The molecule has 77 valence electrons. The van der Waals surface area contributed by atoms with Crippen LogP contribution in [0.4, 0.5) is 0 Å². The van der Waals surface area contributed by atoms with E-state index >= 15 is 0 Å². The van der Waals surface area contributed by atoms with E-state index in [2.05, 4.69) is 10.3 Å². The highest BCUT2D eigenvalue weighted by molar-refractivity contribution is 8.05. The van der Waals surface area contributed by atoms with Gasteiger partial charge in [-0.05, 0) is 0 Å². The van der Waals surface area contributed by atoms with Crippen molar-refractivity contribution in [1.82, 2.24) is 5.32 Å². The molecule has 0 aliphatic carbocycles. The summed E-state index contributed by atoms with van der Waals surface area (Å²) in [5.41, 5.74) is 1.44. The van der Waals surface area contributed by atoms with Crippen LogP contribution >= 0.6 is 0 Å². The summed E-state index contributed by atoms with van der Waals surface area (Å²) in [6, 6.07) is 9.33. The van der Waals surface area contributed by atoms with Gasteiger partial charge in [-0.1, -0.05) is 30.3 Å². The molecular weight excluding hydrogens is 212 g/mol. The number of hydrogen-bond donors (Lipinski definition) is 0. The summed E-state index contributed by atoms with van der Waals surface area (Å²) in [5.74, 6) is 0. The molecule has 5 heteroatoms. The molecule has 4 nitrogen and oxygen atoms in total. The minimum absolute atomic E-state index is 0.124. The second-order valence-corrected chi connectivity index (χ2v) is 5.09. The van der Waals surface area contributed by atoms with Gasteiger partial charge in [-0.25, -0.2) is 18.7 Å². The average Bonchev–Trinajstić information content (AvgIpc) is 2.67. The van der Waals surface area contributed by atoms with Gasteiger partial charge in [0.2, 0.25) is 15.0 Å². The van der Waals surface area contributed by atoms with Crippen LogP contribution in [-0.4, -0.2) is 19.8 Å². The van der Waals surface area contributed by atoms with Gasteiger partial charge in [0.1, 0.15) is 0 Å². The lowest BCUT2D eigenvalue weighted by atomic mass is 10.2. The highest BCUT2D eigenvalue weighted by Crippen LogP contribution is 2.19. The van der Waals surface area contributed by atoms with Crippen molar-refractivity contribution in [3.63, 3.8) is 0 Å². The fourth-order valence-corrected chi connectivity index (χ4v) is 1.71. The highest BCUT2D eigenvalue weighted by atomic mass is 32.2. The molecule has 1 radical (unpaired) electrons. The standard InChI is InChI=1S/C10H9N2O2S/c1-15(13,14)10-11-7-9(12-10)8-5-3-2-4-6-8/h2-7H,1H3. The topological polar surface area (TPSA) is 60.6 Å². The van der Waals surface area contributed by atoms with E-state index < -0.39 is 9.84 Å². The lowest BCUT2D eigenvalue weighted by molar-refractivity contribution is 0.611. The van der Waals surface area contributed by atoms with Crippen LogP contribution in [0, 0.1) is 0 Å². The average molecular weight is 221 g/mol. The van der Waals surface area contributed by atoms with Crippen molar-refractivity contribution < 1.29 is 8.42 Å². The first-order valence-corrected chi connectivity index (χ1v) is 6.22. The molecule has 0 saturated heterocycles. The van der Waals surface area contributed by atoms with Gasteiger partial charge in [0.15, 0.2) is 0 Å². The van der Waals surface area contributed by atoms with Crippen molar-refractivity contribution in [3.05, 3.63) is 42.1 Å². The molecular formula is C10H9N2O2S. The van der Waals surface area contributed by atoms with Gasteiger partial charge < -0.3 is 0 Å². The molecule has 15 heavy (non-hydrogen) atoms. The number of benzene rings is 1. The zero-order valence-electron chi connectivity index (χ0n) is 8.08. The first-order chi connectivity index (χ1) is 7.07. The summed E-state index contributed by atoms with van der Waals surface area (Å²) in [6.07, 6.45) is 2.56. The van der Waals surface area contributed by atoms with Crippen molar-refractivity contribution in [2.75, 3.05) is 6.26 Å². The van der Waals surface area contributed by atoms with Gasteiger partial charge in [0.05, 0.1) is 11.9 Å². The molecule has 0 N–H and O–H groups in total. The number of sulfone groups is 1. The van der Waals surface area contributed by atoms with Gasteiger partial charge in [-0.3, -0.25) is 0 Å². The lowest BCUT2D eigenvalue weighted by Crippen LogP contribution is -2.17. The van der Waals surface area contributed by atoms with E-state index in [4.69, 9.17) is 0 Å². The molecule has 1 aromatic rings. The molecule has 0 unspecified atom stereocenters. The number of hydrogen-bond acceptors (Lipinski definition) is 3. The van der Waals surface area contributed by atoms with Gasteiger partial charge in [-0.2, -0.15) is 0 Å². The normalized spacial score (nSPS) is 15.5. The first kappa shape index (κ1) is 9.92. The van der Waals surface area contributed by atoms with Crippen molar-refractivity contribution >= 4 is 20.7 Å². The third-order valence-corrected chi connectivity index (χ3v) is 2.77. The van der Waals surface area contributed by atoms with Crippen molar-refractivity contribution in [1.29, 1.82) is 0 Å². The number of aliphatic imine (C=N–C) groups is 1. The van der Waals surface area contributed by atoms with Gasteiger partial charge in [0, 0.05) is 11.8 Å². The maximum absolute atomic E-state index is 11.2. The third-order valence-electron chi connectivity index (χ3n) is 1.91.